The number of hydrogen-bond acceptors (Lipinski definition) is 10. The minimum atomic E-state index is -0.372. The van der Waals surface area contributed by atoms with Gasteiger partial charge in [0.05, 0.1) is 60.0 Å². The predicted molar refractivity (Wildman–Crippen MR) is 156 cm³/mol. The Balaban J connectivity index is 1.70. The lowest BCUT2D eigenvalue weighted by molar-refractivity contribution is 0.102. The van der Waals surface area contributed by atoms with E-state index >= 15 is 0 Å². The summed E-state index contributed by atoms with van der Waals surface area (Å²) in [5, 5.41) is 7.09. The van der Waals surface area contributed by atoms with Crippen molar-refractivity contribution in [3.63, 3.8) is 0 Å². The summed E-state index contributed by atoms with van der Waals surface area (Å²) in [5.74, 6) is 2.33. The Morgan fingerprint density at radius 1 is 0.927 bits per heavy atom. The molecule has 41 heavy (non-hydrogen) atoms. The lowest BCUT2D eigenvalue weighted by Gasteiger charge is -2.26. The second-order valence-electron chi connectivity index (χ2n) is 8.95. The van der Waals surface area contributed by atoms with E-state index in [4.69, 9.17) is 28.4 Å². The van der Waals surface area contributed by atoms with Gasteiger partial charge in [-0.1, -0.05) is 0 Å². The SMILES string of the molecule is CCOC(=O)N1CCc2c(sc(NCc3ccc(OC)c(OC)c3OC)c2C(=O)Nc2cc(OC)ccc2OC)C1. The van der Waals surface area contributed by atoms with Gasteiger partial charge in [-0.2, -0.15) is 0 Å². The van der Waals surface area contributed by atoms with Gasteiger partial charge in [-0.05, 0) is 43.2 Å². The molecule has 0 atom stereocenters. The fourth-order valence-electron chi connectivity index (χ4n) is 4.71. The number of nitrogens with zero attached hydrogens (tertiary/aromatic N) is 1. The van der Waals surface area contributed by atoms with E-state index in [1.165, 1.54) is 18.4 Å². The van der Waals surface area contributed by atoms with E-state index in [1.807, 2.05) is 6.07 Å². The molecule has 0 radical (unpaired) electrons. The molecule has 0 fully saturated rings. The van der Waals surface area contributed by atoms with Crippen LogP contribution in [0.5, 0.6) is 28.7 Å². The normalized spacial score (nSPS) is 12.2. The van der Waals surface area contributed by atoms with Crippen LogP contribution in [0.1, 0.15) is 33.3 Å². The van der Waals surface area contributed by atoms with Crippen molar-refractivity contribution in [2.75, 3.05) is 59.3 Å². The van der Waals surface area contributed by atoms with Gasteiger partial charge in [-0.3, -0.25) is 4.79 Å². The number of benzene rings is 2. The molecule has 1 aliphatic rings. The third-order valence-corrected chi connectivity index (χ3v) is 7.86. The first-order valence-corrected chi connectivity index (χ1v) is 13.8. The Morgan fingerprint density at radius 2 is 1.66 bits per heavy atom. The van der Waals surface area contributed by atoms with Crippen molar-refractivity contribution < 1.29 is 38.0 Å². The fraction of sp³-hybridized carbons (Fsp3) is 0.379. The van der Waals surface area contributed by atoms with Gasteiger partial charge in [0, 0.05) is 29.6 Å². The zero-order valence-corrected chi connectivity index (χ0v) is 24.9. The highest BCUT2D eigenvalue weighted by Crippen LogP contribution is 2.42. The highest BCUT2D eigenvalue weighted by atomic mass is 32.1. The highest BCUT2D eigenvalue weighted by Gasteiger charge is 2.31. The Bertz CT molecular complexity index is 1410. The van der Waals surface area contributed by atoms with Crippen LogP contribution in [-0.4, -0.2) is 65.6 Å². The lowest BCUT2D eigenvalue weighted by Crippen LogP contribution is -2.36. The number of fused-ring (bicyclic) bond motifs is 1. The Hall–Kier alpha value is -4.32. The van der Waals surface area contributed by atoms with Gasteiger partial charge in [0.15, 0.2) is 11.5 Å². The third kappa shape index (κ3) is 6.22. The Labute approximate surface area is 243 Å². The molecule has 220 valence electrons. The second-order valence-corrected chi connectivity index (χ2v) is 10.1. The summed E-state index contributed by atoms with van der Waals surface area (Å²) in [4.78, 5) is 28.9. The molecule has 2 heterocycles. The maximum atomic E-state index is 13.9. The van der Waals surface area contributed by atoms with Gasteiger partial charge in [0.25, 0.3) is 5.91 Å². The molecule has 2 N–H and O–H groups in total. The number of rotatable bonds is 11. The van der Waals surface area contributed by atoms with E-state index < -0.39 is 0 Å². The second kappa shape index (κ2) is 13.4. The molecular formula is C29H35N3O8S. The zero-order chi connectivity index (χ0) is 29.5. The molecule has 3 aromatic rings. The molecule has 2 aromatic carbocycles. The zero-order valence-electron chi connectivity index (χ0n) is 24.0. The topological polar surface area (TPSA) is 117 Å². The van der Waals surface area contributed by atoms with E-state index in [0.717, 1.165) is 16.0 Å². The molecule has 0 saturated carbocycles. The summed E-state index contributed by atoms with van der Waals surface area (Å²) in [6, 6.07) is 8.88. The molecule has 12 heteroatoms. The number of methoxy groups -OCH3 is 5. The highest BCUT2D eigenvalue weighted by molar-refractivity contribution is 7.16. The van der Waals surface area contributed by atoms with Gasteiger partial charge >= 0.3 is 6.09 Å². The summed E-state index contributed by atoms with van der Waals surface area (Å²) in [6.07, 6.45) is 0.132. The van der Waals surface area contributed by atoms with E-state index in [-0.39, 0.29) is 12.0 Å². The van der Waals surface area contributed by atoms with Crippen molar-refractivity contribution >= 4 is 34.0 Å². The van der Waals surface area contributed by atoms with Gasteiger partial charge in [0.2, 0.25) is 5.75 Å². The average Bonchev–Trinajstić information content (AvgIpc) is 3.37. The van der Waals surface area contributed by atoms with Crippen LogP contribution in [0.2, 0.25) is 0 Å². The van der Waals surface area contributed by atoms with Crippen molar-refractivity contribution in [3.8, 4) is 28.7 Å². The van der Waals surface area contributed by atoms with E-state index in [0.29, 0.717) is 77.7 Å². The van der Waals surface area contributed by atoms with Gasteiger partial charge in [-0.25, -0.2) is 4.79 Å². The molecule has 11 nitrogen and oxygen atoms in total. The number of nitrogens with one attached hydrogen (secondary N) is 2. The first-order valence-electron chi connectivity index (χ1n) is 13.0. The molecule has 0 saturated heterocycles. The van der Waals surface area contributed by atoms with E-state index in [2.05, 4.69) is 10.6 Å². The summed E-state index contributed by atoms with van der Waals surface area (Å²) >= 11 is 1.43. The van der Waals surface area contributed by atoms with Gasteiger partial charge in [-0.15, -0.1) is 11.3 Å². The molecule has 0 bridgehead atoms. The lowest BCUT2D eigenvalue weighted by atomic mass is 10.0. The number of thiophene rings is 1. The monoisotopic (exact) mass is 585 g/mol. The third-order valence-electron chi connectivity index (χ3n) is 6.69. The molecule has 0 spiro atoms. The van der Waals surface area contributed by atoms with Crippen LogP contribution in [0.3, 0.4) is 0 Å². The smallest absolute Gasteiger partial charge is 0.410 e. The maximum absolute atomic E-state index is 13.9. The van der Waals surface area contributed by atoms with Crippen molar-refractivity contribution in [1.29, 1.82) is 0 Å². The number of carbonyl (C=O) groups excluding carboxylic acids is 2. The first kappa shape index (κ1) is 29.7. The van der Waals surface area contributed by atoms with Crippen LogP contribution in [0.15, 0.2) is 30.3 Å². The summed E-state index contributed by atoms with van der Waals surface area (Å²) in [5.41, 5.74) is 2.69. The molecule has 0 aliphatic carbocycles. The van der Waals surface area contributed by atoms with Crippen molar-refractivity contribution in [2.45, 2.75) is 26.4 Å². The molecular weight excluding hydrogens is 550 g/mol. The minimum Gasteiger partial charge on any atom is -0.497 e. The van der Waals surface area contributed by atoms with Crippen molar-refractivity contribution in [1.82, 2.24) is 4.90 Å². The minimum absolute atomic E-state index is 0.294. The van der Waals surface area contributed by atoms with Crippen LogP contribution in [-0.2, 0) is 24.2 Å². The number of anilines is 2. The average molecular weight is 586 g/mol. The summed E-state index contributed by atoms with van der Waals surface area (Å²) in [6.45, 7) is 3.20. The van der Waals surface area contributed by atoms with Crippen LogP contribution in [0.4, 0.5) is 15.5 Å². The predicted octanol–water partition coefficient (Wildman–Crippen LogP) is 5.17. The molecule has 4 rings (SSSR count). The van der Waals surface area contributed by atoms with Crippen LogP contribution >= 0.6 is 11.3 Å². The number of amides is 2. The van der Waals surface area contributed by atoms with Crippen LogP contribution in [0, 0.1) is 0 Å². The van der Waals surface area contributed by atoms with Crippen LogP contribution in [0.25, 0.3) is 0 Å². The van der Waals surface area contributed by atoms with E-state index in [9.17, 15) is 9.59 Å². The van der Waals surface area contributed by atoms with Gasteiger partial charge < -0.3 is 44.0 Å². The molecule has 1 aliphatic heterocycles. The molecule has 0 unspecified atom stereocenters. The van der Waals surface area contributed by atoms with Crippen LogP contribution < -0.4 is 34.3 Å². The Kier molecular flexibility index (Phi) is 9.66. The summed E-state index contributed by atoms with van der Waals surface area (Å²) < 4.78 is 32.6. The quantitative estimate of drug-likeness (QED) is 0.314. The van der Waals surface area contributed by atoms with Crippen molar-refractivity contribution in [3.05, 3.63) is 51.9 Å². The van der Waals surface area contributed by atoms with Crippen molar-refractivity contribution in [2.24, 2.45) is 0 Å². The Morgan fingerprint density at radius 3 is 2.32 bits per heavy atom. The fourth-order valence-corrected chi connectivity index (χ4v) is 5.97. The number of carbonyl (C=O) groups is 2. The number of hydrogen-bond donors (Lipinski definition) is 2. The number of ether oxygens (including phenoxy) is 6. The standard InChI is InChI=1S/C29H35N3O8S/c1-7-40-29(34)32-13-12-19-23(16-32)41-28(30-15-17-8-10-22(37-4)26(39-6)25(17)38-5)24(19)27(33)31-20-14-18(35-2)9-11-21(20)36-3/h8-11,14,30H,7,12-13,15-16H2,1-6H3,(H,31,33). The first-order chi connectivity index (χ1) is 19.9. The summed E-state index contributed by atoms with van der Waals surface area (Å²) in [7, 11) is 7.78. The van der Waals surface area contributed by atoms with E-state index in [1.54, 1.807) is 64.5 Å². The maximum Gasteiger partial charge on any atom is 0.410 e. The van der Waals surface area contributed by atoms with Gasteiger partial charge in [0.1, 0.15) is 16.5 Å². The molecule has 2 amide bonds. The largest absolute Gasteiger partial charge is 0.497 e. The molecule has 1 aromatic heterocycles.